The number of rotatable bonds is 3. The maximum atomic E-state index is 13.6. The van der Waals surface area contributed by atoms with Gasteiger partial charge in [-0.05, 0) is 32.0 Å². The molecule has 6 heteroatoms. The van der Waals surface area contributed by atoms with Crippen molar-refractivity contribution in [3.63, 3.8) is 0 Å². The molecular weight excluding hydrogens is 287 g/mol. The predicted octanol–water partition coefficient (Wildman–Crippen LogP) is 4.10. The van der Waals surface area contributed by atoms with Gasteiger partial charge in [-0.1, -0.05) is 12.1 Å². The van der Waals surface area contributed by atoms with Gasteiger partial charge in [-0.2, -0.15) is 0 Å². The van der Waals surface area contributed by atoms with E-state index in [4.69, 9.17) is 0 Å². The topological polar surface area (TPSA) is 50.7 Å². The first-order chi connectivity index (χ1) is 10.1. The molecule has 3 aromatic rings. The minimum atomic E-state index is -0.337. The molecule has 0 amide bonds. The average molecular weight is 300 g/mol. The third-order valence-corrected chi connectivity index (χ3v) is 4.01. The van der Waals surface area contributed by atoms with E-state index in [1.54, 1.807) is 35.7 Å². The maximum absolute atomic E-state index is 13.6. The van der Waals surface area contributed by atoms with Gasteiger partial charge in [0, 0.05) is 6.20 Å². The number of anilines is 2. The Hall–Kier alpha value is -2.34. The number of nitrogens with one attached hydrogen (secondary N) is 1. The number of hydrogen-bond acceptors (Lipinski definition) is 5. The zero-order valence-corrected chi connectivity index (χ0v) is 12.4. The molecule has 0 aliphatic rings. The van der Waals surface area contributed by atoms with Crippen molar-refractivity contribution in [2.45, 2.75) is 13.8 Å². The van der Waals surface area contributed by atoms with Crippen LogP contribution in [0.15, 0.2) is 36.5 Å². The van der Waals surface area contributed by atoms with Gasteiger partial charge in [-0.3, -0.25) is 0 Å². The lowest BCUT2D eigenvalue weighted by Crippen LogP contribution is -1.99. The second kappa shape index (κ2) is 5.57. The lowest BCUT2D eigenvalue weighted by molar-refractivity contribution is 0.631. The van der Waals surface area contributed by atoms with Gasteiger partial charge in [-0.25, -0.2) is 19.3 Å². The molecule has 21 heavy (non-hydrogen) atoms. The van der Waals surface area contributed by atoms with Crippen molar-refractivity contribution in [3.05, 3.63) is 53.0 Å². The fraction of sp³-hybridized carbons (Fsp3) is 0.133. The molecule has 2 aromatic heterocycles. The summed E-state index contributed by atoms with van der Waals surface area (Å²) in [5, 5.41) is 3.89. The number of halogens is 1. The molecule has 0 spiro atoms. The van der Waals surface area contributed by atoms with E-state index in [0.29, 0.717) is 11.6 Å². The summed E-state index contributed by atoms with van der Waals surface area (Å²) in [6, 6.07) is 8.26. The van der Waals surface area contributed by atoms with Gasteiger partial charge in [0.1, 0.15) is 5.82 Å². The van der Waals surface area contributed by atoms with E-state index in [-0.39, 0.29) is 5.82 Å². The molecule has 0 aliphatic heterocycles. The van der Waals surface area contributed by atoms with Gasteiger partial charge in [-0.15, -0.1) is 11.3 Å². The Morgan fingerprint density at radius 2 is 1.90 bits per heavy atom. The van der Waals surface area contributed by atoms with Crippen LogP contribution in [0.2, 0.25) is 0 Å². The molecule has 2 heterocycles. The van der Waals surface area contributed by atoms with Crippen LogP contribution in [0.25, 0.3) is 10.6 Å². The molecule has 4 nitrogen and oxygen atoms in total. The Morgan fingerprint density at radius 3 is 2.62 bits per heavy atom. The Bertz CT molecular complexity index is 785. The average Bonchev–Trinajstić information content (AvgIpc) is 2.81. The first kappa shape index (κ1) is 13.6. The second-order valence-corrected chi connectivity index (χ2v) is 5.72. The highest BCUT2D eigenvalue weighted by Crippen LogP contribution is 2.28. The van der Waals surface area contributed by atoms with Crippen LogP contribution in [0.4, 0.5) is 16.0 Å². The van der Waals surface area contributed by atoms with Gasteiger partial charge in [0.05, 0.1) is 27.0 Å². The largest absolute Gasteiger partial charge is 0.322 e. The van der Waals surface area contributed by atoms with Crippen molar-refractivity contribution >= 4 is 23.0 Å². The molecule has 0 unspecified atom stereocenters. The molecule has 0 saturated carbocycles. The van der Waals surface area contributed by atoms with Gasteiger partial charge in [0.2, 0.25) is 5.95 Å². The Labute approximate surface area is 125 Å². The minimum Gasteiger partial charge on any atom is -0.322 e. The van der Waals surface area contributed by atoms with Crippen molar-refractivity contribution in [3.8, 4) is 10.6 Å². The Balaban J connectivity index is 1.94. The predicted molar refractivity (Wildman–Crippen MR) is 82.3 cm³/mol. The highest BCUT2D eigenvalue weighted by atomic mass is 32.1. The van der Waals surface area contributed by atoms with Crippen LogP contribution >= 0.6 is 11.3 Å². The summed E-state index contributed by atoms with van der Waals surface area (Å²) in [5.74, 6) is 0.0272. The lowest BCUT2D eigenvalue weighted by Gasteiger charge is -2.06. The summed E-state index contributed by atoms with van der Waals surface area (Å²) < 4.78 is 13.6. The van der Waals surface area contributed by atoms with Gasteiger partial charge >= 0.3 is 0 Å². The zero-order chi connectivity index (χ0) is 14.8. The highest BCUT2D eigenvalue weighted by molar-refractivity contribution is 7.15. The van der Waals surface area contributed by atoms with E-state index in [1.165, 1.54) is 6.07 Å². The fourth-order valence-corrected chi connectivity index (χ4v) is 2.89. The first-order valence-electron chi connectivity index (χ1n) is 6.42. The first-order valence-corrected chi connectivity index (χ1v) is 7.24. The molecule has 1 aromatic carbocycles. The standard InChI is InChI=1S/C15H13FN4S/c1-9-14(21-10(2)18-9)13-7-8-17-15(20-13)19-12-6-4-3-5-11(12)16/h3-8H,1-2H3,(H,17,19,20). The summed E-state index contributed by atoms with van der Waals surface area (Å²) in [4.78, 5) is 14.0. The van der Waals surface area contributed by atoms with Gasteiger partial charge in [0.15, 0.2) is 0 Å². The van der Waals surface area contributed by atoms with E-state index in [1.807, 2.05) is 19.9 Å². The van der Waals surface area contributed by atoms with Crippen molar-refractivity contribution < 1.29 is 4.39 Å². The highest BCUT2D eigenvalue weighted by Gasteiger charge is 2.10. The van der Waals surface area contributed by atoms with E-state index < -0.39 is 0 Å². The lowest BCUT2D eigenvalue weighted by atomic mass is 10.3. The van der Waals surface area contributed by atoms with Gasteiger partial charge in [0.25, 0.3) is 0 Å². The molecule has 106 valence electrons. The molecule has 0 fully saturated rings. The Morgan fingerprint density at radius 1 is 1.10 bits per heavy atom. The number of aromatic nitrogens is 3. The quantitative estimate of drug-likeness (QED) is 0.791. The number of nitrogens with zero attached hydrogens (tertiary/aromatic N) is 3. The molecule has 3 rings (SSSR count). The smallest absolute Gasteiger partial charge is 0.227 e. The van der Waals surface area contributed by atoms with E-state index in [9.17, 15) is 4.39 Å². The maximum Gasteiger partial charge on any atom is 0.227 e. The number of benzene rings is 1. The van der Waals surface area contributed by atoms with Crippen LogP contribution in [-0.4, -0.2) is 15.0 Å². The van der Waals surface area contributed by atoms with Crippen molar-refractivity contribution in [2.24, 2.45) is 0 Å². The summed E-state index contributed by atoms with van der Waals surface area (Å²) >= 11 is 1.58. The van der Waals surface area contributed by atoms with Crippen LogP contribution < -0.4 is 5.32 Å². The van der Waals surface area contributed by atoms with Crippen LogP contribution in [-0.2, 0) is 0 Å². The normalized spacial score (nSPS) is 10.6. The summed E-state index contributed by atoms with van der Waals surface area (Å²) in [6.45, 7) is 3.91. The number of aryl methyl sites for hydroxylation is 2. The third kappa shape index (κ3) is 2.90. The van der Waals surface area contributed by atoms with Crippen LogP contribution in [0.1, 0.15) is 10.7 Å². The monoisotopic (exact) mass is 300 g/mol. The van der Waals surface area contributed by atoms with Gasteiger partial charge < -0.3 is 5.32 Å². The summed E-state index contributed by atoms with van der Waals surface area (Å²) in [6.07, 6.45) is 1.65. The number of hydrogen-bond donors (Lipinski definition) is 1. The summed E-state index contributed by atoms with van der Waals surface area (Å²) in [7, 11) is 0. The molecule has 0 atom stereocenters. The van der Waals surface area contributed by atoms with Crippen LogP contribution in [0, 0.1) is 19.7 Å². The third-order valence-electron chi connectivity index (χ3n) is 2.91. The van der Waals surface area contributed by atoms with Crippen LogP contribution in [0.3, 0.4) is 0 Å². The van der Waals surface area contributed by atoms with Crippen LogP contribution in [0.5, 0.6) is 0 Å². The molecule has 0 radical (unpaired) electrons. The zero-order valence-electron chi connectivity index (χ0n) is 11.6. The second-order valence-electron chi connectivity index (χ2n) is 4.52. The molecule has 0 bridgehead atoms. The van der Waals surface area contributed by atoms with E-state index >= 15 is 0 Å². The number of thiazole rings is 1. The van der Waals surface area contributed by atoms with Crippen molar-refractivity contribution in [1.82, 2.24) is 15.0 Å². The van der Waals surface area contributed by atoms with E-state index in [2.05, 4.69) is 20.3 Å². The number of para-hydroxylation sites is 1. The molecule has 0 saturated heterocycles. The SMILES string of the molecule is Cc1nc(C)c(-c2ccnc(Nc3ccccc3F)n2)s1. The molecule has 1 N–H and O–H groups in total. The van der Waals surface area contributed by atoms with Crippen molar-refractivity contribution in [2.75, 3.05) is 5.32 Å². The fourth-order valence-electron chi connectivity index (χ4n) is 2.00. The Kier molecular flexibility index (Phi) is 3.62. The van der Waals surface area contributed by atoms with E-state index in [0.717, 1.165) is 21.3 Å². The van der Waals surface area contributed by atoms with Crippen molar-refractivity contribution in [1.29, 1.82) is 0 Å². The molecular formula is C15H13FN4S. The molecule has 0 aliphatic carbocycles. The minimum absolute atomic E-state index is 0.337. The summed E-state index contributed by atoms with van der Waals surface area (Å²) in [5.41, 5.74) is 2.08.